The minimum Gasteiger partial charge on any atom is -0.456 e. The quantitative estimate of drug-likeness (QED) is 0.633. The van der Waals surface area contributed by atoms with E-state index >= 15 is 0 Å². The fourth-order valence-electron chi connectivity index (χ4n) is 1.41. The lowest BCUT2D eigenvalue weighted by Gasteiger charge is -2.05. The van der Waals surface area contributed by atoms with Gasteiger partial charge < -0.3 is 4.74 Å². The highest BCUT2D eigenvalue weighted by molar-refractivity contribution is 6.30. The number of halogens is 1. The van der Waals surface area contributed by atoms with E-state index in [-0.39, 0.29) is 11.3 Å². The molecular formula is C12H6ClN3O3. The Balaban J connectivity index is 2.32. The van der Waals surface area contributed by atoms with Crippen molar-refractivity contribution in [2.45, 2.75) is 0 Å². The Morgan fingerprint density at radius 3 is 2.74 bits per heavy atom. The molecule has 2 rings (SSSR count). The SMILES string of the molecule is N#Cc1cc(Oc2cncc(Cl)c2)ccc1[N+](=O)[O-]. The van der Waals surface area contributed by atoms with Gasteiger partial charge in [0.05, 0.1) is 16.1 Å². The van der Waals surface area contributed by atoms with Crippen LogP contribution in [0.2, 0.25) is 5.02 Å². The van der Waals surface area contributed by atoms with Crippen LogP contribution < -0.4 is 4.74 Å². The van der Waals surface area contributed by atoms with Crippen LogP contribution >= 0.6 is 11.6 Å². The number of nitro benzene ring substituents is 1. The number of nitro groups is 1. The van der Waals surface area contributed by atoms with E-state index < -0.39 is 4.92 Å². The standard InChI is InChI=1S/C12H6ClN3O3/c13-9-4-11(7-15-6-9)19-10-1-2-12(16(17)18)8(3-10)5-14/h1-4,6-7H. The molecular weight excluding hydrogens is 270 g/mol. The maximum Gasteiger partial charge on any atom is 0.287 e. The van der Waals surface area contributed by atoms with Crippen LogP contribution in [-0.2, 0) is 0 Å². The van der Waals surface area contributed by atoms with Gasteiger partial charge in [-0.05, 0) is 6.07 Å². The first kappa shape index (κ1) is 12.8. The van der Waals surface area contributed by atoms with Crippen LogP contribution in [0.5, 0.6) is 11.5 Å². The lowest BCUT2D eigenvalue weighted by atomic mass is 10.2. The van der Waals surface area contributed by atoms with Crippen molar-refractivity contribution in [3.63, 3.8) is 0 Å². The molecule has 1 heterocycles. The average Bonchev–Trinajstić information content (AvgIpc) is 2.38. The topological polar surface area (TPSA) is 89.0 Å². The number of nitriles is 1. The summed E-state index contributed by atoms with van der Waals surface area (Å²) in [7, 11) is 0. The third-order valence-electron chi connectivity index (χ3n) is 2.20. The summed E-state index contributed by atoms with van der Waals surface area (Å²) >= 11 is 5.75. The lowest BCUT2D eigenvalue weighted by molar-refractivity contribution is -0.385. The minimum atomic E-state index is -0.622. The van der Waals surface area contributed by atoms with Gasteiger partial charge >= 0.3 is 0 Å². The molecule has 19 heavy (non-hydrogen) atoms. The van der Waals surface area contributed by atoms with Crippen molar-refractivity contribution in [2.75, 3.05) is 0 Å². The van der Waals surface area contributed by atoms with E-state index in [0.717, 1.165) is 0 Å². The number of rotatable bonds is 3. The van der Waals surface area contributed by atoms with E-state index in [1.165, 1.54) is 30.6 Å². The van der Waals surface area contributed by atoms with Gasteiger partial charge in [-0.1, -0.05) is 11.6 Å². The zero-order chi connectivity index (χ0) is 13.8. The molecule has 6 nitrogen and oxygen atoms in total. The van der Waals surface area contributed by atoms with E-state index in [1.54, 1.807) is 12.1 Å². The molecule has 0 aliphatic heterocycles. The van der Waals surface area contributed by atoms with Crippen LogP contribution in [0.1, 0.15) is 5.56 Å². The summed E-state index contributed by atoms with van der Waals surface area (Å²) in [5, 5.41) is 19.9. The van der Waals surface area contributed by atoms with E-state index in [4.69, 9.17) is 21.6 Å². The average molecular weight is 276 g/mol. The molecule has 0 aliphatic rings. The van der Waals surface area contributed by atoms with E-state index in [0.29, 0.717) is 16.5 Å². The van der Waals surface area contributed by atoms with Crippen LogP contribution in [0, 0.1) is 21.4 Å². The Kier molecular flexibility index (Phi) is 3.59. The molecule has 0 radical (unpaired) electrons. The predicted octanol–water partition coefficient (Wildman–Crippen LogP) is 3.31. The Hall–Kier alpha value is -2.65. The second-order valence-electron chi connectivity index (χ2n) is 3.49. The molecule has 0 saturated heterocycles. The molecule has 7 heteroatoms. The summed E-state index contributed by atoms with van der Waals surface area (Å²) in [6.07, 6.45) is 2.89. The molecule has 2 aromatic rings. The third kappa shape index (κ3) is 2.97. The van der Waals surface area contributed by atoms with Crippen molar-refractivity contribution in [2.24, 2.45) is 0 Å². The second kappa shape index (κ2) is 5.33. The highest BCUT2D eigenvalue weighted by Gasteiger charge is 2.14. The van der Waals surface area contributed by atoms with Gasteiger partial charge in [0.15, 0.2) is 0 Å². The van der Waals surface area contributed by atoms with E-state index in [9.17, 15) is 10.1 Å². The van der Waals surface area contributed by atoms with Gasteiger partial charge in [-0.2, -0.15) is 5.26 Å². The number of ether oxygens (including phenoxy) is 1. The largest absolute Gasteiger partial charge is 0.456 e. The fraction of sp³-hybridized carbons (Fsp3) is 0. The number of aromatic nitrogens is 1. The molecule has 0 atom stereocenters. The van der Waals surface area contributed by atoms with Crippen LogP contribution in [0.3, 0.4) is 0 Å². The van der Waals surface area contributed by atoms with Crippen LogP contribution in [0.15, 0.2) is 36.7 Å². The summed E-state index contributed by atoms with van der Waals surface area (Å²) in [6.45, 7) is 0. The number of hydrogen-bond donors (Lipinski definition) is 0. The molecule has 94 valence electrons. The van der Waals surface area contributed by atoms with E-state index in [2.05, 4.69) is 4.98 Å². The first-order valence-electron chi connectivity index (χ1n) is 5.07. The van der Waals surface area contributed by atoms with Gasteiger partial charge in [0.1, 0.15) is 23.1 Å². The summed E-state index contributed by atoms with van der Waals surface area (Å²) < 4.78 is 5.42. The molecule has 0 N–H and O–H groups in total. The molecule has 0 bridgehead atoms. The normalized spacial score (nSPS) is 9.68. The van der Waals surface area contributed by atoms with Gasteiger partial charge in [0.2, 0.25) is 0 Å². The van der Waals surface area contributed by atoms with Crippen molar-refractivity contribution in [3.05, 3.63) is 57.4 Å². The molecule has 0 unspecified atom stereocenters. The van der Waals surface area contributed by atoms with Gasteiger partial charge in [0.25, 0.3) is 5.69 Å². The van der Waals surface area contributed by atoms with Crippen molar-refractivity contribution in [1.29, 1.82) is 5.26 Å². The minimum absolute atomic E-state index is 0.0718. The van der Waals surface area contributed by atoms with Crippen molar-refractivity contribution < 1.29 is 9.66 Å². The summed E-state index contributed by atoms with van der Waals surface area (Å²) in [6, 6.07) is 7.20. The van der Waals surface area contributed by atoms with Gasteiger partial charge in [-0.3, -0.25) is 15.1 Å². The van der Waals surface area contributed by atoms with Crippen LogP contribution in [0.4, 0.5) is 5.69 Å². The maximum atomic E-state index is 10.7. The monoisotopic (exact) mass is 275 g/mol. The van der Waals surface area contributed by atoms with Crippen molar-refractivity contribution in [3.8, 4) is 17.6 Å². The number of hydrogen-bond acceptors (Lipinski definition) is 5. The zero-order valence-electron chi connectivity index (χ0n) is 9.41. The molecule has 0 spiro atoms. The molecule has 1 aromatic heterocycles. The number of nitrogens with zero attached hydrogens (tertiary/aromatic N) is 3. The second-order valence-corrected chi connectivity index (χ2v) is 3.93. The van der Waals surface area contributed by atoms with Gasteiger partial charge in [0, 0.05) is 24.4 Å². The number of benzene rings is 1. The van der Waals surface area contributed by atoms with Crippen molar-refractivity contribution in [1.82, 2.24) is 4.98 Å². The highest BCUT2D eigenvalue weighted by atomic mass is 35.5. The molecule has 0 aliphatic carbocycles. The Morgan fingerprint density at radius 1 is 1.32 bits per heavy atom. The first-order chi connectivity index (χ1) is 9.10. The molecule has 1 aromatic carbocycles. The summed E-state index contributed by atoms with van der Waals surface area (Å²) in [4.78, 5) is 13.9. The first-order valence-corrected chi connectivity index (χ1v) is 5.45. The molecule has 0 fully saturated rings. The zero-order valence-corrected chi connectivity index (χ0v) is 10.2. The number of pyridine rings is 1. The Morgan fingerprint density at radius 2 is 2.11 bits per heavy atom. The van der Waals surface area contributed by atoms with Gasteiger partial charge in [-0.25, -0.2) is 0 Å². The van der Waals surface area contributed by atoms with Gasteiger partial charge in [-0.15, -0.1) is 0 Å². The predicted molar refractivity (Wildman–Crippen MR) is 67.1 cm³/mol. The molecule has 0 amide bonds. The highest BCUT2D eigenvalue weighted by Crippen LogP contribution is 2.27. The Labute approximate surface area is 113 Å². The van der Waals surface area contributed by atoms with Crippen LogP contribution in [-0.4, -0.2) is 9.91 Å². The maximum absolute atomic E-state index is 10.7. The molecule has 0 saturated carbocycles. The third-order valence-corrected chi connectivity index (χ3v) is 2.41. The Bertz CT molecular complexity index is 682. The van der Waals surface area contributed by atoms with Crippen LogP contribution in [0.25, 0.3) is 0 Å². The summed E-state index contributed by atoms with van der Waals surface area (Å²) in [5.41, 5.74) is -0.337. The fourth-order valence-corrected chi connectivity index (χ4v) is 1.58. The van der Waals surface area contributed by atoms with E-state index in [1.807, 2.05) is 0 Å². The smallest absolute Gasteiger partial charge is 0.287 e. The summed E-state index contributed by atoms with van der Waals surface area (Å²) in [5.74, 6) is 0.677. The van der Waals surface area contributed by atoms with Crippen molar-refractivity contribution >= 4 is 17.3 Å². The lowest BCUT2D eigenvalue weighted by Crippen LogP contribution is -1.93.